The summed E-state index contributed by atoms with van der Waals surface area (Å²) in [4.78, 5) is 19.4. The molecule has 0 radical (unpaired) electrons. The summed E-state index contributed by atoms with van der Waals surface area (Å²) in [5.74, 6) is 1.29. The highest BCUT2D eigenvalue weighted by Gasteiger charge is 2.26. The third-order valence-corrected chi connectivity index (χ3v) is 6.03. The normalized spacial score (nSPS) is 16.9. The minimum Gasteiger partial charge on any atom is -0.444 e. The molecule has 0 spiro atoms. The van der Waals surface area contributed by atoms with Gasteiger partial charge in [-0.15, -0.1) is 0 Å². The molecular weight excluding hydrogens is 424 g/mol. The van der Waals surface area contributed by atoms with Crippen molar-refractivity contribution < 1.29 is 9.53 Å². The Morgan fingerprint density at radius 3 is 2.72 bits per heavy atom. The van der Waals surface area contributed by atoms with Gasteiger partial charge in [-0.05, 0) is 63.3 Å². The molecule has 1 aromatic heterocycles. The van der Waals surface area contributed by atoms with Gasteiger partial charge in [0, 0.05) is 24.7 Å². The second-order valence-electron chi connectivity index (χ2n) is 9.42. The van der Waals surface area contributed by atoms with Crippen LogP contribution in [0.25, 0.3) is 11.0 Å². The number of para-hydroxylation sites is 2. The topological polar surface area (TPSA) is 59.4 Å². The number of fused-ring (bicyclic) bond motifs is 1. The number of imidazole rings is 1. The Kier molecular flexibility index (Phi) is 6.60. The maximum atomic E-state index is 12.1. The highest BCUT2D eigenvalue weighted by molar-refractivity contribution is 6.31. The number of alkyl carbamates (subject to hydrolysis) is 1. The highest BCUT2D eigenvalue weighted by Crippen LogP contribution is 2.29. The summed E-state index contributed by atoms with van der Waals surface area (Å²) in [6, 6.07) is 16.2. The Morgan fingerprint density at radius 1 is 1.19 bits per heavy atom. The van der Waals surface area contributed by atoms with E-state index in [0.717, 1.165) is 53.5 Å². The van der Waals surface area contributed by atoms with Crippen molar-refractivity contribution in [2.75, 3.05) is 24.5 Å². The molecule has 1 aliphatic rings. The van der Waals surface area contributed by atoms with Gasteiger partial charge in [0.05, 0.1) is 17.6 Å². The van der Waals surface area contributed by atoms with Gasteiger partial charge in [0.2, 0.25) is 5.95 Å². The molecule has 1 saturated heterocycles. The quantitative estimate of drug-likeness (QED) is 0.554. The van der Waals surface area contributed by atoms with Gasteiger partial charge in [0.1, 0.15) is 5.60 Å². The van der Waals surface area contributed by atoms with E-state index in [9.17, 15) is 4.79 Å². The van der Waals surface area contributed by atoms with E-state index in [0.29, 0.717) is 19.0 Å². The zero-order valence-corrected chi connectivity index (χ0v) is 19.7. The lowest BCUT2D eigenvalue weighted by atomic mass is 9.98. The number of carbonyl (C=O) groups is 1. The van der Waals surface area contributed by atoms with Crippen LogP contribution in [0.5, 0.6) is 0 Å². The molecule has 2 aromatic carbocycles. The maximum Gasteiger partial charge on any atom is 0.407 e. The second-order valence-corrected chi connectivity index (χ2v) is 9.82. The van der Waals surface area contributed by atoms with Crippen molar-refractivity contribution in [3.05, 3.63) is 59.1 Å². The summed E-state index contributed by atoms with van der Waals surface area (Å²) in [6.45, 7) is 8.65. The van der Waals surface area contributed by atoms with E-state index in [1.54, 1.807) is 0 Å². The summed E-state index contributed by atoms with van der Waals surface area (Å²) in [5.41, 5.74) is 2.64. The van der Waals surface area contributed by atoms with Crippen molar-refractivity contribution in [2.24, 2.45) is 5.92 Å². The first-order valence-corrected chi connectivity index (χ1v) is 11.6. The first kappa shape index (κ1) is 22.5. The summed E-state index contributed by atoms with van der Waals surface area (Å²) < 4.78 is 7.63. The average Bonchev–Trinajstić information content (AvgIpc) is 3.11. The Balaban J connectivity index is 1.53. The van der Waals surface area contributed by atoms with E-state index in [1.165, 1.54) is 0 Å². The molecule has 1 fully saturated rings. The first-order valence-electron chi connectivity index (χ1n) is 11.2. The molecule has 0 unspecified atom stereocenters. The van der Waals surface area contributed by atoms with Crippen molar-refractivity contribution >= 4 is 34.7 Å². The van der Waals surface area contributed by atoms with Crippen LogP contribution in [0, 0.1) is 5.92 Å². The minimum absolute atomic E-state index is 0.338. The van der Waals surface area contributed by atoms with E-state index in [2.05, 4.69) is 26.9 Å². The fourth-order valence-corrected chi connectivity index (χ4v) is 4.41. The summed E-state index contributed by atoms with van der Waals surface area (Å²) >= 11 is 6.47. The summed E-state index contributed by atoms with van der Waals surface area (Å²) in [5, 5.41) is 3.70. The van der Waals surface area contributed by atoms with Gasteiger partial charge in [-0.1, -0.05) is 41.9 Å². The molecule has 2 heterocycles. The summed E-state index contributed by atoms with van der Waals surface area (Å²) in [6.07, 6.45) is 1.76. The van der Waals surface area contributed by atoms with Gasteiger partial charge in [0.15, 0.2) is 0 Å². The Morgan fingerprint density at radius 2 is 1.94 bits per heavy atom. The zero-order valence-electron chi connectivity index (χ0n) is 19.0. The molecular formula is C25H31ClN4O2. The first-order chi connectivity index (χ1) is 15.3. The van der Waals surface area contributed by atoms with Crippen LogP contribution in [-0.2, 0) is 11.3 Å². The van der Waals surface area contributed by atoms with E-state index >= 15 is 0 Å². The number of piperidine rings is 1. The third kappa shape index (κ3) is 5.36. The molecule has 0 aliphatic carbocycles. The lowest BCUT2D eigenvalue weighted by Crippen LogP contribution is -2.43. The van der Waals surface area contributed by atoms with Gasteiger partial charge < -0.3 is 19.5 Å². The van der Waals surface area contributed by atoms with E-state index < -0.39 is 5.60 Å². The van der Waals surface area contributed by atoms with Gasteiger partial charge in [-0.3, -0.25) is 0 Å². The number of hydrogen-bond donors (Lipinski definition) is 1. The van der Waals surface area contributed by atoms with Gasteiger partial charge >= 0.3 is 6.09 Å². The number of carbonyl (C=O) groups excluding carboxylic acids is 1. The zero-order chi connectivity index (χ0) is 22.7. The number of hydrogen-bond acceptors (Lipinski definition) is 4. The molecule has 0 bridgehead atoms. The predicted octanol–water partition coefficient (Wildman–Crippen LogP) is 5.48. The number of nitrogens with one attached hydrogen (secondary N) is 1. The number of anilines is 1. The van der Waals surface area contributed by atoms with Gasteiger partial charge in [-0.25, -0.2) is 9.78 Å². The lowest BCUT2D eigenvalue weighted by Gasteiger charge is -2.34. The van der Waals surface area contributed by atoms with Crippen molar-refractivity contribution in [1.82, 2.24) is 14.9 Å². The molecule has 1 atom stereocenters. The number of benzene rings is 2. The smallest absolute Gasteiger partial charge is 0.407 e. The molecule has 0 saturated carbocycles. The van der Waals surface area contributed by atoms with Crippen LogP contribution in [0.3, 0.4) is 0 Å². The van der Waals surface area contributed by atoms with Crippen LogP contribution in [0.15, 0.2) is 48.5 Å². The number of amides is 1. The van der Waals surface area contributed by atoms with E-state index in [4.69, 9.17) is 21.3 Å². The Labute approximate surface area is 194 Å². The Hall–Kier alpha value is -2.73. The summed E-state index contributed by atoms with van der Waals surface area (Å²) in [7, 11) is 0. The molecule has 170 valence electrons. The van der Waals surface area contributed by atoms with Crippen molar-refractivity contribution in [3.63, 3.8) is 0 Å². The molecule has 7 heteroatoms. The van der Waals surface area contributed by atoms with Crippen LogP contribution >= 0.6 is 11.6 Å². The number of aromatic nitrogens is 2. The molecule has 1 N–H and O–H groups in total. The third-order valence-electron chi connectivity index (χ3n) is 5.66. The second kappa shape index (κ2) is 9.41. The average molecular weight is 455 g/mol. The molecule has 32 heavy (non-hydrogen) atoms. The lowest BCUT2D eigenvalue weighted by molar-refractivity contribution is 0.0517. The van der Waals surface area contributed by atoms with Crippen molar-refractivity contribution in [3.8, 4) is 0 Å². The number of halogens is 1. The molecule has 1 amide bonds. The SMILES string of the molecule is CC(C)(C)OC(=O)NC[C@H]1CCCN(c2nc3ccccc3n2Cc2ccccc2Cl)C1. The number of rotatable bonds is 5. The predicted molar refractivity (Wildman–Crippen MR) is 129 cm³/mol. The Bertz CT molecular complexity index is 1090. The van der Waals surface area contributed by atoms with Gasteiger partial charge in [-0.2, -0.15) is 0 Å². The number of nitrogens with zero attached hydrogens (tertiary/aromatic N) is 3. The minimum atomic E-state index is -0.494. The van der Waals surface area contributed by atoms with Gasteiger partial charge in [0.25, 0.3) is 0 Å². The molecule has 4 rings (SSSR count). The van der Waals surface area contributed by atoms with Crippen LogP contribution in [0.4, 0.5) is 10.7 Å². The van der Waals surface area contributed by atoms with Crippen LogP contribution in [0.1, 0.15) is 39.2 Å². The van der Waals surface area contributed by atoms with Crippen LogP contribution in [0.2, 0.25) is 5.02 Å². The largest absolute Gasteiger partial charge is 0.444 e. The number of ether oxygens (including phenoxy) is 1. The standard InChI is InChI=1S/C25H31ClN4O2/c1-25(2,3)32-24(31)27-15-18-9-8-14-29(16-18)23-28-21-12-6-7-13-22(21)30(23)17-19-10-4-5-11-20(19)26/h4-7,10-13,18H,8-9,14-17H2,1-3H3,(H,27,31)/t18-/m1/s1. The molecule has 3 aromatic rings. The fourth-order valence-electron chi connectivity index (χ4n) is 4.21. The maximum absolute atomic E-state index is 12.1. The van der Waals surface area contributed by atoms with Crippen molar-refractivity contribution in [2.45, 2.75) is 45.8 Å². The van der Waals surface area contributed by atoms with Crippen LogP contribution < -0.4 is 10.2 Å². The fraction of sp³-hybridized carbons (Fsp3) is 0.440. The van der Waals surface area contributed by atoms with E-state index in [1.807, 2.05) is 57.2 Å². The molecule has 1 aliphatic heterocycles. The van der Waals surface area contributed by atoms with Crippen LogP contribution in [-0.4, -0.2) is 40.9 Å². The molecule has 6 nitrogen and oxygen atoms in total. The van der Waals surface area contributed by atoms with E-state index in [-0.39, 0.29) is 6.09 Å². The monoisotopic (exact) mass is 454 g/mol. The van der Waals surface area contributed by atoms with Crippen molar-refractivity contribution in [1.29, 1.82) is 0 Å². The highest BCUT2D eigenvalue weighted by atomic mass is 35.5.